The van der Waals surface area contributed by atoms with Crippen LogP contribution in [0.3, 0.4) is 0 Å². The summed E-state index contributed by atoms with van der Waals surface area (Å²) in [6.07, 6.45) is 11.6. The van der Waals surface area contributed by atoms with Gasteiger partial charge in [-0.05, 0) is 114 Å². The van der Waals surface area contributed by atoms with E-state index in [1.807, 2.05) is 0 Å². The average Bonchev–Trinajstić information content (AvgIpc) is 3.46. The summed E-state index contributed by atoms with van der Waals surface area (Å²) in [5, 5.41) is 23.8. The lowest BCUT2D eigenvalue weighted by atomic mass is 9.43. The van der Waals surface area contributed by atoms with E-state index in [1.54, 1.807) is 0 Å². The summed E-state index contributed by atoms with van der Waals surface area (Å²) in [5.74, 6) is 0.879. The summed E-state index contributed by atoms with van der Waals surface area (Å²) >= 11 is 0. The van der Waals surface area contributed by atoms with Crippen LogP contribution in [-0.4, -0.2) is 91.4 Å². The Hall–Kier alpha value is -0.280. The maximum atomic E-state index is 12.4. The van der Waals surface area contributed by atoms with Crippen molar-refractivity contribution in [3.8, 4) is 0 Å². The molecule has 0 amide bonds. The van der Waals surface area contributed by atoms with E-state index in [-0.39, 0.29) is 10.8 Å². The van der Waals surface area contributed by atoms with Crippen molar-refractivity contribution >= 4 is 0 Å². The molecule has 3 unspecified atom stereocenters. The predicted octanol–water partition coefficient (Wildman–Crippen LogP) is 3.64. The number of aliphatic hydroxyl groups is 2. The summed E-state index contributed by atoms with van der Waals surface area (Å²) in [5.41, 5.74) is 2.80. The molecule has 7 heteroatoms. The molecule has 4 saturated carbocycles. The molecule has 1 heterocycles. The van der Waals surface area contributed by atoms with Crippen molar-refractivity contribution in [2.75, 3.05) is 60.0 Å². The summed E-state index contributed by atoms with van der Waals surface area (Å²) in [4.78, 5) is 10.3. The molecule has 5 fully saturated rings. The van der Waals surface area contributed by atoms with E-state index < -0.39 is 11.4 Å². The molecule has 214 valence electrons. The monoisotopic (exact) mass is 521 g/mol. The first-order valence-electron chi connectivity index (χ1n) is 15.4. The van der Waals surface area contributed by atoms with Gasteiger partial charge in [0.2, 0.25) is 0 Å². The standard InChI is InChI=1S/C30H55N3O4/c1-27-13-14-29(34,36-19-18-33-15-5-6-16-33)21-23(27)7-8-26-25(27)10-11-28(2)24(9-12-30(26,28)35)22-31-37-20-17-32(3)4/h23-26,31,34-35H,5-22H2,1-4H3/t23?,24?,25-,26-,27+,28-,29?,30-/m1/s1. The molecule has 4 aliphatic carbocycles. The Bertz CT molecular complexity index is 778. The molecule has 0 aromatic rings. The Morgan fingerprint density at radius 3 is 2.46 bits per heavy atom. The third-order valence-electron chi connectivity index (χ3n) is 12.1. The zero-order valence-electron chi connectivity index (χ0n) is 24.1. The van der Waals surface area contributed by atoms with Gasteiger partial charge >= 0.3 is 0 Å². The SMILES string of the molecule is CN(C)CCONCC1CC[C@@]2(O)[C@@H]3CCC4CC(O)(OCCN5CCCC5)CC[C@]4(C)[C@@H]3CC[C@]12C. The Balaban J connectivity index is 1.19. The zero-order chi connectivity index (χ0) is 26.3. The Kier molecular flexibility index (Phi) is 8.36. The highest BCUT2D eigenvalue weighted by atomic mass is 16.6. The average molecular weight is 522 g/mol. The molecule has 3 N–H and O–H groups in total. The van der Waals surface area contributed by atoms with Crippen LogP contribution in [0.5, 0.6) is 0 Å². The maximum Gasteiger partial charge on any atom is 0.165 e. The fraction of sp³-hybridized carbons (Fsp3) is 1.00. The number of nitrogens with zero attached hydrogens (tertiary/aromatic N) is 2. The Morgan fingerprint density at radius 1 is 0.919 bits per heavy atom. The van der Waals surface area contributed by atoms with E-state index in [4.69, 9.17) is 9.57 Å². The largest absolute Gasteiger partial charge is 0.389 e. The minimum atomic E-state index is -0.965. The predicted molar refractivity (Wildman–Crippen MR) is 146 cm³/mol. The number of likely N-dealkylation sites (N-methyl/N-ethyl adjacent to an activating group) is 1. The van der Waals surface area contributed by atoms with E-state index in [9.17, 15) is 10.2 Å². The minimum Gasteiger partial charge on any atom is -0.389 e. The number of hydroxylamine groups is 1. The van der Waals surface area contributed by atoms with Crippen LogP contribution >= 0.6 is 0 Å². The molecule has 0 spiro atoms. The number of ether oxygens (including phenoxy) is 1. The van der Waals surface area contributed by atoms with Gasteiger partial charge in [0.25, 0.3) is 0 Å². The summed E-state index contributed by atoms with van der Waals surface area (Å²) in [7, 11) is 4.12. The molecular formula is C30H55N3O4. The third-order valence-corrected chi connectivity index (χ3v) is 12.1. The fourth-order valence-corrected chi connectivity index (χ4v) is 9.58. The molecule has 7 nitrogen and oxygen atoms in total. The molecule has 0 aromatic carbocycles. The van der Waals surface area contributed by atoms with Crippen LogP contribution in [0.1, 0.15) is 84.5 Å². The number of fused-ring (bicyclic) bond motifs is 5. The van der Waals surface area contributed by atoms with Crippen molar-refractivity contribution < 1.29 is 19.8 Å². The van der Waals surface area contributed by atoms with E-state index in [1.165, 1.54) is 32.4 Å². The zero-order valence-corrected chi connectivity index (χ0v) is 24.1. The fourth-order valence-electron chi connectivity index (χ4n) is 9.58. The second-order valence-electron chi connectivity index (χ2n) is 14.2. The molecule has 37 heavy (non-hydrogen) atoms. The number of likely N-dealkylation sites (tertiary alicyclic amines) is 1. The van der Waals surface area contributed by atoms with E-state index >= 15 is 0 Å². The highest BCUT2D eigenvalue weighted by molar-refractivity contribution is 5.17. The van der Waals surface area contributed by atoms with Crippen LogP contribution in [0.25, 0.3) is 0 Å². The van der Waals surface area contributed by atoms with Gasteiger partial charge in [-0.25, -0.2) is 5.48 Å². The van der Waals surface area contributed by atoms with Crippen molar-refractivity contribution in [1.29, 1.82) is 0 Å². The highest BCUT2D eigenvalue weighted by Gasteiger charge is 2.67. The number of rotatable bonds is 10. The second-order valence-corrected chi connectivity index (χ2v) is 14.2. The molecule has 1 saturated heterocycles. The first-order valence-corrected chi connectivity index (χ1v) is 15.4. The van der Waals surface area contributed by atoms with Crippen LogP contribution < -0.4 is 5.48 Å². The molecule has 5 rings (SSSR count). The van der Waals surface area contributed by atoms with E-state index in [0.717, 1.165) is 71.0 Å². The molecule has 5 aliphatic rings. The lowest BCUT2D eigenvalue weighted by Crippen LogP contribution is -2.63. The molecule has 8 atom stereocenters. The van der Waals surface area contributed by atoms with Crippen LogP contribution in [0.2, 0.25) is 0 Å². The third kappa shape index (κ3) is 5.28. The number of nitrogens with one attached hydrogen (secondary N) is 1. The molecule has 0 radical (unpaired) electrons. The van der Waals surface area contributed by atoms with Crippen molar-refractivity contribution in [3.05, 3.63) is 0 Å². The van der Waals surface area contributed by atoms with Gasteiger partial charge in [-0.3, -0.25) is 0 Å². The van der Waals surface area contributed by atoms with Crippen molar-refractivity contribution in [2.24, 2.45) is 34.5 Å². The second kappa shape index (κ2) is 10.9. The van der Waals surface area contributed by atoms with Gasteiger partial charge in [-0.1, -0.05) is 13.8 Å². The smallest absolute Gasteiger partial charge is 0.165 e. The molecule has 1 aliphatic heterocycles. The highest BCUT2D eigenvalue weighted by Crippen LogP contribution is 2.69. The van der Waals surface area contributed by atoms with E-state index in [0.29, 0.717) is 36.9 Å². The molecule has 0 bridgehead atoms. The van der Waals surface area contributed by atoms with Gasteiger partial charge in [0.05, 0.1) is 18.8 Å². The van der Waals surface area contributed by atoms with Crippen LogP contribution in [-0.2, 0) is 9.57 Å². The van der Waals surface area contributed by atoms with Gasteiger partial charge in [-0.15, -0.1) is 0 Å². The number of hydrogen-bond acceptors (Lipinski definition) is 7. The lowest BCUT2D eigenvalue weighted by molar-refractivity contribution is -0.270. The van der Waals surface area contributed by atoms with Crippen LogP contribution in [0.4, 0.5) is 0 Å². The van der Waals surface area contributed by atoms with Crippen molar-refractivity contribution in [2.45, 2.75) is 95.9 Å². The van der Waals surface area contributed by atoms with Gasteiger partial charge in [0.15, 0.2) is 5.79 Å². The summed E-state index contributed by atoms with van der Waals surface area (Å²) in [6.45, 7) is 11.2. The number of hydrogen-bond donors (Lipinski definition) is 3. The van der Waals surface area contributed by atoms with Gasteiger partial charge in [0.1, 0.15) is 0 Å². The first-order chi connectivity index (χ1) is 17.6. The normalized spacial score (nSPS) is 46.1. The quantitative estimate of drug-likeness (QED) is 0.230. The Labute approximate surface area is 225 Å². The van der Waals surface area contributed by atoms with Crippen molar-refractivity contribution in [3.63, 3.8) is 0 Å². The summed E-state index contributed by atoms with van der Waals surface area (Å²) < 4.78 is 6.19. The van der Waals surface area contributed by atoms with Crippen LogP contribution in [0, 0.1) is 34.5 Å². The Morgan fingerprint density at radius 2 is 1.70 bits per heavy atom. The maximum absolute atomic E-state index is 12.4. The van der Waals surface area contributed by atoms with Gasteiger partial charge < -0.3 is 29.6 Å². The van der Waals surface area contributed by atoms with E-state index in [2.05, 4.69) is 43.2 Å². The molecule has 0 aromatic heterocycles. The van der Waals surface area contributed by atoms with Crippen LogP contribution in [0.15, 0.2) is 0 Å². The van der Waals surface area contributed by atoms with Crippen molar-refractivity contribution in [1.82, 2.24) is 15.3 Å². The van der Waals surface area contributed by atoms with Gasteiger partial charge in [0, 0.05) is 37.9 Å². The topological polar surface area (TPSA) is 77.4 Å². The minimum absolute atomic E-state index is 0.0522. The van der Waals surface area contributed by atoms with Gasteiger partial charge in [-0.2, -0.15) is 0 Å². The first kappa shape index (κ1) is 28.3. The summed E-state index contributed by atoms with van der Waals surface area (Å²) in [6, 6.07) is 0. The lowest BCUT2D eigenvalue weighted by Gasteiger charge is -2.64. The molecular weight excluding hydrogens is 466 g/mol.